The lowest BCUT2D eigenvalue weighted by Crippen LogP contribution is -2.57. The van der Waals surface area contributed by atoms with Gasteiger partial charge in [-0.2, -0.15) is 0 Å². The fourth-order valence-corrected chi connectivity index (χ4v) is 2.03. The number of aliphatic carboxylic acids is 1. The van der Waals surface area contributed by atoms with Gasteiger partial charge in [-0.25, -0.2) is 4.79 Å². The van der Waals surface area contributed by atoms with E-state index in [0.717, 1.165) is 0 Å². The second-order valence-electron chi connectivity index (χ2n) is 6.34. The number of rotatable bonds is 11. The van der Waals surface area contributed by atoms with Crippen LogP contribution in [0.4, 0.5) is 0 Å². The molecule has 26 heavy (non-hydrogen) atoms. The van der Waals surface area contributed by atoms with Gasteiger partial charge in [0.25, 0.3) is 0 Å². The molecule has 150 valence electrons. The molecule has 0 fully saturated rings. The monoisotopic (exact) mass is 374 g/mol. The van der Waals surface area contributed by atoms with Crippen molar-refractivity contribution in [3.05, 3.63) is 0 Å². The van der Waals surface area contributed by atoms with Gasteiger partial charge in [-0.05, 0) is 25.7 Å². The van der Waals surface area contributed by atoms with Crippen LogP contribution in [0.5, 0.6) is 0 Å². The van der Waals surface area contributed by atoms with E-state index in [1.165, 1.54) is 6.92 Å². The van der Waals surface area contributed by atoms with Crippen molar-refractivity contribution < 1.29 is 24.6 Å². The first-order valence-corrected chi connectivity index (χ1v) is 8.30. The minimum atomic E-state index is -1.21. The molecular weight excluding hydrogens is 344 g/mol. The third-order valence-corrected chi connectivity index (χ3v) is 3.63. The summed E-state index contributed by atoms with van der Waals surface area (Å²) in [5.74, 6) is -2.99. The molecule has 10 N–H and O–H groups in total. The smallest absolute Gasteiger partial charge is 0.326 e. The van der Waals surface area contributed by atoms with Crippen molar-refractivity contribution in [3.8, 4) is 0 Å². The minimum Gasteiger partial charge on any atom is -0.480 e. The summed E-state index contributed by atoms with van der Waals surface area (Å²) in [6.45, 7) is 4.96. The summed E-state index contributed by atoms with van der Waals surface area (Å²) < 4.78 is 0. The molecule has 4 unspecified atom stereocenters. The van der Waals surface area contributed by atoms with Gasteiger partial charge in [-0.15, -0.1) is 0 Å². The first-order chi connectivity index (χ1) is 12.0. The zero-order valence-corrected chi connectivity index (χ0v) is 15.3. The van der Waals surface area contributed by atoms with Crippen molar-refractivity contribution in [2.75, 3.05) is 6.54 Å². The van der Waals surface area contributed by atoms with E-state index >= 15 is 0 Å². The predicted octanol–water partition coefficient (Wildman–Crippen LogP) is -2.54. The Morgan fingerprint density at radius 1 is 1.08 bits per heavy atom. The average Bonchev–Trinajstić information content (AvgIpc) is 2.53. The molecule has 11 nitrogen and oxygen atoms in total. The molecule has 0 saturated heterocycles. The predicted molar refractivity (Wildman–Crippen MR) is 95.9 cm³/mol. The Hall–Kier alpha value is -2.40. The number of nitrogens with one attached hydrogen (secondary N) is 2. The van der Waals surface area contributed by atoms with Crippen molar-refractivity contribution in [1.82, 2.24) is 10.6 Å². The summed E-state index contributed by atoms with van der Waals surface area (Å²) in [6, 6.07) is -3.34. The van der Waals surface area contributed by atoms with Gasteiger partial charge in [0.1, 0.15) is 18.1 Å². The highest BCUT2D eigenvalue weighted by Gasteiger charge is 2.30. The maximum absolute atomic E-state index is 12.4. The molecule has 4 atom stereocenters. The van der Waals surface area contributed by atoms with Crippen LogP contribution in [0.2, 0.25) is 0 Å². The van der Waals surface area contributed by atoms with Gasteiger partial charge >= 0.3 is 5.97 Å². The molecule has 0 aliphatic rings. The summed E-state index contributed by atoms with van der Waals surface area (Å²) in [5, 5.41) is 23.5. The number of carbonyl (C=O) groups excluding carboxylic acids is 2. The zero-order valence-electron chi connectivity index (χ0n) is 15.3. The highest BCUT2D eigenvalue weighted by Crippen LogP contribution is 2.06. The van der Waals surface area contributed by atoms with Crippen LogP contribution in [-0.2, 0) is 14.4 Å². The number of guanidine groups is 1. The first kappa shape index (κ1) is 23.6. The molecule has 11 heteroatoms. The van der Waals surface area contributed by atoms with E-state index < -0.39 is 42.0 Å². The molecule has 0 heterocycles. The van der Waals surface area contributed by atoms with E-state index in [0.29, 0.717) is 6.42 Å². The Morgan fingerprint density at radius 2 is 1.65 bits per heavy atom. The molecule has 2 amide bonds. The lowest BCUT2D eigenvalue weighted by molar-refractivity contribution is -0.142. The second kappa shape index (κ2) is 11.3. The largest absolute Gasteiger partial charge is 0.480 e. The Kier molecular flexibility index (Phi) is 10.2. The van der Waals surface area contributed by atoms with Gasteiger partial charge in [-0.1, -0.05) is 13.8 Å². The Labute approximate surface area is 152 Å². The molecule has 0 spiro atoms. The number of hydrogen-bond donors (Lipinski definition) is 7. The van der Waals surface area contributed by atoms with Crippen LogP contribution >= 0.6 is 0 Å². The Balaban J connectivity index is 4.90. The van der Waals surface area contributed by atoms with Crippen molar-refractivity contribution in [2.24, 2.45) is 28.1 Å². The third-order valence-electron chi connectivity index (χ3n) is 3.63. The highest BCUT2D eigenvalue weighted by molar-refractivity contribution is 5.92. The van der Waals surface area contributed by atoms with Gasteiger partial charge in [-0.3, -0.25) is 14.6 Å². The number of aliphatic imine (C=N–C) groups is 1. The summed E-state index contributed by atoms with van der Waals surface area (Å²) in [4.78, 5) is 39.5. The summed E-state index contributed by atoms with van der Waals surface area (Å²) in [5.41, 5.74) is 15.9. The van der Waals surface area contributed by atoms with Crippen molar-refractivity contribution in [1.29, 1.82) is 0 Å². The van der Waals surface area contributed by atoms with Crippen LogP contribution in [0, 0.1) is 5.92 Å². The van der Waals surface area contributed by atoms with Crippen LogP contribution in [0.3, 0.4) is 0 Å². The molecule has 0 saturated carbocycles. The SMILES string of the molecule is CC(C)C(NC(=O)C(N)C(C)O)C(=O)NC(CCCN=C(N)N)C(=O)O. The summed E-state index contributed by atoms with van der Waals surface area (Å²) in [7, 11) is 0. The summed E-state index contributed by atoms with van der Waals surface area (Å²) >= 11 is 0. The van der Waals surface area contributed by atoms with Gasteiger partial charge < -0.3 is 38.0 Å². The molecule has 0 bridgehead atoms. The van der Waals surface area contributed by atoms with Crippen LogP contribution in [0.15, 0.2) is 4.99 Å². The van der Waals surface area contributed by atoms with Gasteiger partial charge in [0.15, 0.2) is 5.96 Å². The van der Waals surface area contributed by atoms with E-state index in [4.69, 9.17) is 17.2 Å². The van der Waals surface area contributed by atoms with Crippen LogP contribution in [-0.4, -0.2) is 64.7 Å². The average molecular weight is 374 g/mol. The van der Waals surface area contributed by atoms with E-state index in [9.17, 15) is 24.6 Å². The molecule has 0 radical (unpaired) electrons. The standard InChI is InChI=1S/C15H30N6O5/c1-7(2)11(21-12(23)10(16)8(3)22)13(24)20-9(14(25)26)5-4-6-19-15(17)18/h7-11,22H,4-6,16H2,1-3H3,(H,20,24)(H,21,23)(H,25,26)(H4,17,18,19). The van der Waals surface area contributed by atoms with Crippen molar-refractivity contribution in [3.63, 3.8) is 0 Å². The number of carboxylic acid groups (broad SMARTS) is 1. The zero-order chi connectivity index (χ0) is 20.4. The van der Waals surface area contributed by atoms with E-state index in [-0.39, 0.29) is 24.8 Å². The third kappa shape index (κ3) is 8.62. The Morgan fingerprint density at radius 3 is 2.08 bits per heavy atom. The van der Waals surface area contributed by atoms with Crippen molar-refractivity contribution >= 4 is 23.7 Å². The van der Waals surface area contributed by atoms with Crippen LogP contribution in [0.1, 0.15) is 33.6 Å². The number of nitrogens with two attached hydrogens (primary N) is 3. The molecule has 0 aromatic rings. The number of aliphatic hydroxyl groups is 1. The van der Waals surface area contributed by atoms with E-state index in [1.807, 2.05) is 0 Å². The lowest BCUT2D eigenvalue weighted by atomic mass is 10.0. The maximum Gasteiger partial charge on any atom is 0.326 e. The van der Waals surface area contributed by atoms with E-state index in [1.54, 1.807) is 13.8 Å². The number of amides is 2. The molecular formula is C15H30N6O5. The fourth-order valence-electron chi connectivity index (χ4n) is 2.03. The van der Waals surface area contributed by atoms with Crippen LogP contribution < -0.4 is 27.8 Å². The van der Waals surface area contributed by atoms with E-state index in [2.05, 4.69) is 15.6 Å². The molecule has 0 aromatic carbocycles. The van der Waals surface area contributed by atoms with Crippen molar-refractivity contribution in [2.45, 2.75) is 57.8 Å². The number of hydrogen-bond acceptors (Lipinski definition) is 6. The topological polar surface area (TPSA) is 206 Å². The quantitative estimate of drug-likeness (QED) is 0.116. The fraction of sp³-hybridized carbons (Fsp3) is 0.733. The summed E-state index contributed by atoms with van der Waals surface area (Å²) in [6.07, 6.45) is -0.627. The molecule has 0 aliphatic carbocycles. The normalized spacial score (nSPS) is 15.5. The highest BCUT2D eigenvalue weighted by atomic mass is 16.4. The number of carboxylic acids is 1. The first-order valence-electron chi connectivity index (χ1n) is 8.30. The minimum absolute atomic E-state index is 0.0991. The van der Waals surface area contributed by atoms with Crippen LogP contribution in [0.25, 0.3) is 0 Å². The number of nitrogens with zero attached hydrogens (tertiary/aromatic N) is 1. The Bertz CT molecular complexity index is 519. The van der Waals surface area contributed by atoms with Gasteiger partial charge in [0.05, 0.1) is 6.10 Å². The maximum atomic E-state index is 12.4. The molecule has 0 aromatic heterocycles. The molecule has 0 rings (SSSR count). The number of carbonyl (C=O) groups is 3. The van der Waals surface area contributed by atoms with Gasteiger partial charge in [0, 0.05) is 6.54 Å². The molecule has 0 aliphatic heterocycles. The van der Waals surface area contributed by atoms with Gasteiger partial charge in [0.2, 0.25) is 11.8 Å². The second-order valence-corrected chi connectivity index (χ2v) is 6.34. The lowest BCUT2D eigenvalue weighted by Gasteiger charge is -2.25. The number of aliphatic hydroxyl groups excluding tert-OH is 1.